The smallest absolute Gasteiger partial charge is 0.175 e. The summed E-state index contributed by atoms with van der Waals surface area (Å²) in [7, 11) is 1.62. The van der Waals surface area contributed by atoms with E-state index in [1.165, 1.54) is 0 Å². The van der Waals surface area contributed by atoms with Crippen molar-refractivity contribution in [3.63, 3.8) is 0 Å². The van der Waals surface area contributed by atoms with Crippen molar-refractivity contribution >= 4 is 21.6 Å². The molecule has 0 radical (unpaired) electrons. The second-order valence-electron chi connectivity index (χ2n) is 4.45. The first-order valence-electron chi connectivity index (χ1n) is 6.66. The minimum Gasteiger partial charge on any atom is -0.508 e. The molecule has 4 nitrogen and oxygen atoms in total. The number of aromatic hydroxyl groups is 1. The molecule has 5 heteroatoms. The molecule has 0 aliphatic carbocycles. The highest BCUT2D eigenvalue weighted by Gasteiger charge is 2.11. The van der Waals surface area contributed by atoms with E-state index >= 15 is 0 Å². The predicted molar refractivity (Wildman–Crippen MR) is 87.3 cm³/mol. The normalized spacial score (nSPS) is 10.2. The average Bonchev–Trinajstić information content (AvgIpc) is 2.47. The Morgan fingerprint density at radius 3 is 2.71 bits per heavy atom. The predicted octanol–water partition coefficient (Wildman–Crippen LogP) is 4.17. The van der Waals surface area contributed by atoms with Crippen molar-refractivity contribution in [2.75, 3.05) is 19.0 Å². The molecule has 0 aromatic heterocycles. The Hall–Kier alpha value is -1.88. The number of phenolic OH excluding ortho intramolecular Hbond substituents is 1. The molecule has 0 aliphatic heterocycles. The molecule has 0 aliphatic rings. The second-order valence-corrected chi connectivity index (χ2v) is 5.30. The van der Waals surface area contributed by atoms with Crippen LogP contribution in [0.25, 0.3) is 0 Å². The third kappa shape index (κ3) is 4.04. The number of phenols is 1. The van der Waals surface area contributed by atoms with E-state index in [9.17, 15) is 5.11 Å². The number of methoxy groups -OCH3 is 1. The van der Waals surface area contributed by atoms with Gasteiger partial charge in [0.2, 0.25) is 0 Å². The number of anilines is 1. The average molecular weight is 352 g/mol. The van der Waals surface area contributed by atoms with Gasteiger partial charge in [-0.15, -0.1) is 0 Å². The zero-order valence-corrected chi connectivity index (χ0v) is 13.6. The second kappa shape index (κ2) is 7.22. The van der Waals surface area contributed by atoms with E-state index in [0.717, 1.165) is 15.7 Å². The molecule has 0 spiro atoms. The largest absolute Gasteiger partial charge is 0.508 e. The van der Waals surface area contributed by atoms with Crippen molar-refractivity contribution in [3.05, 3.63) is 46.4 Å². The highest BCUT2D eigenvalue weighted by molar-refractivity contribution is 9.10. The third-order valence-corrected chi connectivity index (χ3v) is 3.51. The van der Waals surface area contributed by atoms with E-state index in [4.69, 9.17) is 9.47 Å². The fraction of sp³-hybridized carbons (Fsp3) is 0.250. The Balaban J connectivity index is 2.15. The van der Waals surface area contributed by atoms with Crippen LogP contribution >= 0.6 is 15.9 Å². The summed E-state index contributed by atoms with van der Waals surface area (Å²) < 4.78 is 11.8. The lowest BCUT2D eigenvalue weighted by Crippen LogP contribution is -2.02. The number of rotatable bonds is 6. The van der Waals surface area contributed by atoms with Gasteiger partial charge in [0.1, 0.15) is 5.75 Å². The van der Waals surface area contributed by atoms with Crippen molar-refractivity contribution in [3.8, 4) is 17.2 Å². The SMILES string of the molecule is CCOc1c(Br)cc(CNc2cccc(O)c2)cc1OC. The summed E-state index contributed by atoms with van der Waals surface area (Å²) in [6.45, 7) is 3.13. The van der Waals surface area contributed by atoms with E-state index in [-0.39, 0.29) is 5.75 Å². The molecule has 0 unspecified atom stereocenters. The molecule has 2 rings (SSSR count). The molecule has 0 heterocycles. The summed E-state index contributed by atoms with van der Waals surface area (Å²) in [6, 6.07) is 10.9. The summed E-state index contributed by atoms with van der Waals surface area (Å²) >= 11 is 3.50. The number of benzene rings is 2. The van der Waals surface area contributed by atoms with Gasteiger partial charge in [0.15, 0.2) is 11.5 Å². The lowest BCUT2D eigenvalue weighted by molar-refractivity contribution is 0.308. The van der Waals surface area contributed by atoms with E-state index < -0.39 is 0 Å². The molecule has 0 saturated heterocycles. The summed E-state index contributed by atoms with van der Waals surface area (Å²) in [5.74, 6) is 1.64. The highest BCUT2D eigenvalue weighted by Crippen LogP contribution is 2.36. The minimum absolute atomic E-state index is 0.241. The summed E-state index contributed by atoms with van der Waals surface area (Å²) in [5.41, 5.74) is 1.91. The summed E-state index contributed by atoms with van der Waals surface area (Å²) in [6.07, 6.45) is 0. The Labute approximate surface area is 132 Å². The van der Waals surface area contributed by atoms with Gasteiger partial charge in [0.05, 0.1) is 18.2 Å². The van der Waals surface area contributed by atoms with Gasteiger partial charge in [-0.05, 0) is 52.7 Å². The van der Waals surface area contributed by atoms with Crippen LogP contribution in [0.5, 0.6) is 17.2 Å². The van der Waals surface area contributed by atoms with Crippen LogP contribution in [0.15, 0.2) is 40.9 Å². The molecule has 0 bridgehead atoms. The van der Waals surface area contributed by atoms with Gasteiger partial charge in [-0.3, -0.25) is 0 Å². The quantitative estimate of drug-likeness (QED) is 0.819. The van der Waals surface area contributed by atoms with Crippen LogP contribution in [0.4, 0.5) is 5.69 Å². The van der Waals surface area contributed by atoms with Crippen LogP contribution in [-0.2, 0) is 6.54 Å². The van der Waals surface area contributed by atoms with Crippen LogP contribution in [0.1, 0.15) is 12.5 Å². The summed E-state index contributed by atoms with van der Waals surface area (Å²) in [4.78, 5) is 0. The third-order valence-electron chi connectivity index (χ3n) is 2.92. The Morgan fingerprint density at radius 2 is 2.05 bits per heavy atom. The number of halogens is 1. The lowest BCUT2D eigenvalue weighted by atomic mass is 10.2. The molecular weight excluding hydrogens is 334 g/mol. The van der Waals surface area contributed by atoms with Gasteiger partial charge >= 0.3 is 0 Å². The van der Waals surface area contributed by atoms with Gasteiger partial charge in [-0.2, -0.15) is 0 Å². The molecule has 2 aromatic rings. The Kier molecular flexibility index (Phi) is 5.33. The molecule has 0 amide bonds. The fourth-order valence-electron chi connectivity index (χ4n) is 1.98. The van der Waals surface area contributed by atoms with Crippen molar-refractivity contribution in [1.29, 1.82) is 0 Å². The first-order chi connectivity index (χ1) is 10.1. The van der Waals surface area contributed by atoms with E-state index in [1.54, 1.807) is 25.3 Å². The fourth-order valence-corrected chi connectivity index (χ4v) is 2.58. The number of hydrogen-bond donors (Lipinski definition) is 2. The van der Waals surface area contributed by atoms with Gasteiger partial charge in [-0.1, -0.05) is 6.07 Å². The number of hydrogen-bond acceptors (Lipinski definition) is 4. The van der Waals surface area contributed by atoms with Crippen LogP contribution < -0.4 is 14.8 Å². The van der Waals surface area contributed by atoms with Gasteiger partial charge < -0.3 is 19.9 Å². The Bertz CT molecular complexity index is 616. The topological polar surface area (TPSA) is 50.7 Å². The zero-order chi connectivity index (χ0) is 15.2. The molecule has 2 N–H and O–H groups in total. The maximum absolute atomic E-state index is 9.45. The van der Waals surface area contributed by atoms with Crippen LogP contribution in [0, 0.1) is 0 Å². The maximum atomic E-state index is 9.45. The number of nitrogens with one attached hydrogen (secondary N) is 1. The first-order valence-corrected chi connectivity index (χ1v) is 7.45. The van der Waals surface area contributed by atoms with Crippen molar-refractivity contribution in [2.45, 2.75) is 13.5 Å². The van der Waals surface area contributed by atoms with Crippen molar-refractivity contribution in [1.82, 2.24) is 0 Å². The highest BCUT2D eigenvalue weighted by atomic mass is 79.9. The molecule has 2 aromatic carbocycles. The molecule has 0 saturated carbocycles. The molecule has 0 fully saturated rings. The van der Waals surface area contributed by atoms with Gasteiger partial charge in [0.25, 0.3) is 0 Å². The number of ether oxygens (including phenoxy) is 2. The van der Waals surface area contributed by atoms with Gasteiger partial charge in [0, 0.05) is 18.3 Å². The van der Waals surface area contributed by atoms with E-state index in [0.29, 0.717) is 24.7 Å². The molecule has 0 atom stereocenters. The summed E-state index contributed by atoms with van der Waals surface area (Å²) in [5, 5.41) is 12.7. The monoisotopic (exact) mass is 351 g/mol. The minimum atomic E-state index is 0.241. The lowest BCUT2D eigenvalue weighted by Gasteiger charge is -2.14. The van der Waals surface area contributed by atoms with Crippen LogP contribution in [-0.4, -0.2) is 18.8 Å². The maximum Gasteiger partial charge on any atom is 0.175 e. The Morgan fingerprint density at radius 1 is 1.24 bits per heavy atom. The standard InChI is InChI=1S/C16H18BrNO3/c1-3-21-16-14(17)7-11(8-15(16)20-2)10-18-12-5-4-6-13(19)9-12/h4-9,18-19H,3,10H2,1-2H3. The van der Waals surface area contributed by atoms with Gasteiger partial charge in [-0.25, -0.2) is 0 Å². The zero-order valence-electron chi connectivity index (χ0n) is 12.0. The molecular formula is C16H18BrNO3. The van der Waals surface area contributed by atoms with Crippen molar-refractivity contribution in [2.24, 2.45) is 0 Å². The van der Waals surface area contributed by atoms with Crippen molar-refractivity contribution < 1.29 is 14.6 Å². The van der Waals surface area contributed by atoms with E-state index in [1.807, 2.05) is 25.1 Å². The van der Waals surface area contributed by atoms with Crippen LogP contribution in [0.2, 0.25) is 0 Å². The van der Waals surface area contributed by atoms with E-state index in [2.05, 4.69) is 21.2 Å². The molecule has 112 valence electrons. The molecule has 21 heavy (non-hydrogen) atoms. The first kappa shape index (κ1) is 15.5. The van der Waals surface area contributed by atoms with Crippen LogP contribution in [0.3, 0.4) is 0 Å².